The molecule has 1 aliphatic heterocycles. The Morgan fingerprint density at radius 1 is 1.07 bits per heavy atom. The highest BCUT2D eigenvalue weighted by Gasteiger charge is 2.50. The van der Waals surface area contributed by atoms with Crippen LogP contribution in [0.5, 0.6) is 0 Å². The summed E-state index contributed by atoms with van der Waals surface area (Å²) in [5.74, 6) is -1.52. The summed E-state index contributed by atoms with van der Waals surface area (Å²) in [7, 11) is 0. The first kappa shape index (κ1) is 23.0. The van der Waals surface area contributed by atoms with Crippen molar-refractivity contribution in [2.24, 2.45) is 17.6 Å². The van der Waals surface area contributed by atoms with E-state index in [-0.39, 0.29) is 30.7 Å². The largest absolute Gasteiger partial charge is 0.361 e. The zero-order valence-corrected chi connectivity index (χ0v) is 16.8. The predicted molar refractivity (Wildman–Crippen MR) is 99.6 cm³/mol. The van der Waals surface area contributed by atoms with Gasteiger partial charge in [-0.2, -0.15) is 0 Å². The van der Waals surface area contributed by atoms with Gasteiger partial charge in [0.05, 0.1) is 25.7 Å². The fraction of sp³-hybridized carbons (Fsp3) is 0.778. The Labute approximate surface area is 160 Å². The van der Waals surface area contributed by atoms with E-state index in [1.54, 1.807) is 6.92 Å². The molecule has 0 radical (unpaired) electrons. The summed E-state index contributed by atoms with van der Waals surface area (Å²) in [6, 6.07) is -1.46. The average Bonchev–Trinajstić information content (AvgIpc) is 3.34. The summed E-state index contributed by atoms with van der Waals surface area (Å²) in [6.07, 6.45) is 0.419. The molecule has 1 unspecified atom stereocenters. The predicted octanol–water partition coefficient (Wildman–Crippen LogP) is -0.909. The van der Waals surface area contributed by atoms with Gasteiger partial charge < -0.3 is 26.4 Å². The molecule has 0 bridgehead atoms. The second-order valence-corrected chi connectivity index (χ2v) is 7.84. The van der Waals surface area contributed by atoms with Crippen molar-refractivity contribution in [3.05, 3.63) is 0 Å². The van der Waals surface area contributed by atoms with Gasteiger partial charge in [0, 0.05) is 0 Å². The Kier molecular flexibility index (Phi) is 8.36. The van der Waals surface area contributed by atoms with Crippen LogP contribution in [0.15, 0.2) is 0 Å². The van der Waals surface area contributed by atoms with Gasteiger partial charge in [0.15, 0.2) is 5.78 Å². The van der Waals surface area contributed by atoms with Crippen molar-refractivity contribution in [2.45, 2.75) is 58.7 Å². The summed E-state index contributed by atoms with van der Waals surface area (Å²) in [4.78, 5) is 48.5. The van der Waals surface area contributed by atoms with Crippen LogP contribution < -0.4 is 21.7 Å². The lowest BCUT2D eigenvalue weighted by molar-refractivity contribution is -0.132. The smallest absolute Gasteiger partial charge is 0.243 e. The molecule has 9 nitrogen and oxygen atoms in total. The van der Waals surface area contributed by atoms with E-state index in [2.05, 4.69) is 16.0 Å². The number of nitrogens with two attached hydrogens (primary N) is 1. The van der Waals surface area contributed by atoms with Gasteiger partial charge >= 0.3 is 0 Å². The molecule has 1 heterocycles. The topological polar surface area (TPSA) is 143 Å². The fourth-order valence-corrected chi connectivity index (χ4v) is 2.59. The highest BCUT2D eigenvalue weighted by molar-refractivity contribution is 5.97. The maximum Gasteiger partial charge on any atom is 0.243 e. The molecule has 3 amide bonds. The van der Waals surface area contributed by atoms with E-state index in [4.69, 9.17) is 10.5 Å². The van der Waals surface area contributed by atoms with Crippen LogP contribution in [0.2, 0.25) is 0 Å². The van der Waals surface area contributed by atoms with E-state index in [1.165, 1.54) is 0 Å². The third kappa shape index (κ3) is 7.26. The van der Waals surface area contributed by atoms with Crippen molar-refractivity contribution in [1.82, 2.24) is 16.0 Å². The van der Waals surface area contributed by atoms with Crippen LogP contribution in [-0.2, 0) is 23.9 Å². The van der Waals surface area contributed by atoms with Gasteiger partial charge in [0.25, 0.3) is 0 Å². The fourth-order valence-electron chi connectivity index (χ4n) is 2.59. The Bertz CT molecular complexity index is 572. The molecule has 154 valence electrons. The van der Waals surface area contributed by atoms with E-state index < -0.39 is 35.4 Å². The zero-order valence-electron chi connectivity index (χ0n) is 16.8. The summed E-state index contributed by atoms with van der Waals surface area (Å²) in [6.45, 7) is 9.01. The van der Waals surface area contributed by atoms with E-state index in [0.717, 1.165) is 0 Å². The van der Waals surface area contributed by atoms with Gasteiger partial charge in [0.1, 0.15) is 11.6 Å². The number of carbonyl (C=O) groups is 4. The first-order valence-corrected chi connectivity index (χ1v) is 9.25. The molecule has 1 aliphatic rings. The SMILES string of the molecule is CC(C)C[C@H](NC(=O)CN)C(=O)NCC(=O)N[C@H](C(=O)C1(C)CO1)C(C)C. The maximum absolute atomic E-state index is 12.4. The minimum absolute atomic E-state index is 0.115. The molecule has 3 atom stereocenters. The number of hydrogen-bond acceptors (Lipinski definition) is 6. The van der Waals surface area contributed by atoms with Crippen molar-refractivity contribution < 1.29 is 23.9 Å². The molecule has 9 heteroatoms. The maximum atomic E-state index is 12.4. The third-order valence-corrected chi connectivity index (χ3v) is 4.33. The van der Waals surface area contributed by atoms with Gasteiger partial charge in [0.2, 0.25) is 17.7 Å². The number of hydrogen-bond donors (Lipinski definition) is 4. The van der Waals surface area contributed by atoms with Crippen molar-refractivity contribution in [3.8, 4) is 0 Å². The number of rotatable bonds is 11. The van der Waals surface area contributed by atoms with Crippen molar-refractivity contribution in [3.63, 3.8) is 0 Å². The molecule has 0 aromatic heterocycles. The van der Waals surface area contributed by atoms with Crippen LogP contribution in [-0.4, -0.2) is 60.9 Å². The van der Waals surface area contributed by atoms with E-state index in [1.807, 2.05) is 27.7 Å². The van der Waals surface area contributed by atoms with Crippen LogP contribution in [0, 0.1) is 11.8 Å². The van der Waals surface area contributed by atoms with Gasteiger partial charge in [-0.05, 0) is 25.2 Å². The molecule has 0 aromatic rings. The lowest BCUT2D eigenvalue weighted by Crippen LogP contribution is -2.54. The Morgan fingerprint density at radius 2 is 1.67 bits per heavy atom. The molecule has 0 saturated carbocycles. The molecular formula is C18H32N4O5. The standard InChI is InChI=1S/C18H32N4O5/c1-10(2)6-12(21-13(23)7-19)17(26)20-8-14(24)22-15(11(3)4)16(25)18(5)9-27-18/h10-12,15H,6-9,19H2,1-5H3,(H,20,26)(H,21,23)(H,22,24)/t12-,15-,18?/m0/s1. The molecule has 5 N–H and O–H groups in total. The number of Topliss-reactive ketones (excluding diaryl/α,β-unsaturated/α-hetero) is 1. The first-order valence-electron chi connectivity index (χ1n) is 9.25. The van der Waals surface area contributed by atoms with Gasteiger partial charge in [-0.1, -0.05) is 27.7 Å². The number of ether oxygens (including phenoxy) is 1. The van der Waals surface area contributed by atoms with E-state index >= 15 is 0 Å². The first-order chi connectivity index (χ1) is 12.5. The van der Waals surface area contributed by atoms with Gasteiger partial charge in [-0.25, -0.2) is 0 Å². The number of nitrogens with one attached hydrogen (secondary N) is 3. The molecule has 27 heavy (non-hydrogen) atoms. The number of carbonyl (C=O) groups excluding carboxylic acids is 4. The molecular weight excluding hydrogens is 352 g/mol. The highest BCUT2D eigenvalue weighted by atomic mass is 16.6. The number of ketones is 1. The molecule has 0 spiro atoms. The highest BCUT2D eigenvalue weighted by Crippen LogP contribution is 2.29. The van der Waals surface area contributed by atoms with E-state index in [0.29, 0.717) is 13.0 Å². The van der Waals surface area contributed by atoms with Crippen LogP contribution in [0.4, 0.5) is 0 Å². The monoisotopic (exact) mass is 384 g/mol. The normalized spacial score (nSPS) is 20.7. The lowest BCUT2D eigenvalue weighted by Gasteiger charge is -2.23. The number of epoxide rings is 1. The second kappa shape index (κ2) is 9.80. The van der Waals surface area contributed by atoms with Crippen LogP contribution in [0.3, 0.4) is 0 Å². The molecule has 0 aliphatic carbocycles. The molecule has 0 aromatic carbocycles. The summed E-state index contributed by atoms with van der Waals surface area (Å²) >= 11 is 0. The second-order valence-electron chi connectivity index (χ2n) is 7.84. The third-order valence-electron chi connectivity index (χ3n) is 4.33. The van der Waals surface area contributed by atoms with E-state index in [9.17, 15) is 19.2 Å². The van der Waals surface area contributed by atoms with Crippen molar-refractivity contribution >= 4 is 23.5 Å². The number of amides is 3. The summed E-state index contributed by atoms with van der Waals surface area (Å²) in [5.41, 5.74) is 4.44. The van der Waals surface area contributed by atoms with Crippen LogP contribution in [0.1, 0.15) is 41.0 Å². The Balaban J connectivity index is 2.60. The molecule has 1 rings (SSSR count). The van der Waals surface area contributed by atoms with Crippen LogP contribution in [0.25, 0.3) is 0 Å². The lowest BCUT2D eigenvalue weighted by atomic mass is 9.92. The summed E-state index contributed by atoms with van der Waals surface area (Å²) in [5, 5.41) is 7.71. The summed E-state index contributed by atoms with van der Waals surface area (Å²) < 4.78 is 5.16. The zero-order chi connectivity index (χ0) is 20.8. The molecule has 1 saturated heterocycles. The Morgan fingerprint density at radius 3 is 2.11 bits per heavy atom. The molecule has 1 fully saturated rings. The minimum Gasteiger partial charge on any atom is -0.361 e. The van der Waals surface area contributed by atoms with Crippen molar-refractivity contribution in [1.29, 1.82) is 0 Å². The Hall–Kier alpha value is -2.00. The van der Waals surface area contributed by atoms with Gasteiger partial charge in [-0.15, -0.1) is 0 Å². The minimum atomic E-state index is -0.833. The van der Waals surface area contributed by atoms with Gasteiger partial charge in [-0.3, -0.25) is 19.2 Å². The average molecular weight is 384 g/mol. The quantitative estimate of drug-likeness (QED) is 0.340. The van der Waals surface area contributed by atoms with Crippen molar-refractivity contribution in [2.75, 3.05) is 19.7 Å². The van der Waals surface area contributed by atoms with Crippen LogP contribution >= 0.6 is 0 Å².